The van der Waals surface area contributed by atoms with E-state index in [1.165, 1.54) is 22.8 Å². The minimum Gasteiger partial charge on any atom is -0.504 e. The number of ether oxygens (including phenoxy) is 1. The fourth-order valence-corrected chi connectivity index (χ4v) is 4.26. The molecule has 4 aromatic rings. The van der Waals surface area contributed by atoms with Gasteiger partial charge in [-0.05, 0) is 42.8 Å². The molecule has 0 bridgehead atoms. The second-order valence-electron chi connectivity index (χ2n) is 8.31. The zero-order chi connectivity index (χ0) is 25.4. The van der Waals surface area contributed by atoms with Gasteiger partial charge in [0.2, 0.25) is 0 Å². The highest BCUT2D eigenvalue weighted by molar-refractivity contribution is 6.33. The van der Waals surface area contributed by atoms with Gasteiger partial charge in [-0.25, -0.2) is 9.67 Å². The van der Waals surface area contributed by atoms with Crippen molar-refractivity contribution in [3.63, 3.8) is 0 Å². The number of carbonyl (C=O) groups is 1. The number of anilines is 1. The Morgan fingerprint density at radius 2 is 1.61 bits per heavy atom. The van der Waals surface area contributed by atoms with Crippen molar-refractivity contribution in [2.24, 2.45) is 12.0 Å². The topological polar surface area (TPSA) is 89.1 Å². The molecule has 0 atom stereocenters. The third-order valence-electron chi connectivity index (χ3n) is 6.15. The van der Waals surface area contributed by atoms with Crippen LogP contribution in [-0.4, -0.2) is 33.3 Å². The van der Waals surface area contributed by atoms with E-state index in [-0.39, 0.29) is 28.4 Å². The maximum atomic E-state index is 13.8. The van der Waals surface area contributed by atoms with Gasteiger partial charge in [0.1, 0.15) is 17.2 Å². The van der Waals surface area contributed by atoms with Crippen molar-refractivity contribution in [1.29, 1.82) is 0 Å². The van der Waals surface area contributed by atoms with Crippen LogP contribution in [0.3, 0.4) is 0 Å². The summed E-state index contributed by atoms with van der Waals surface area (Å²) >= 11 is 0. The van der Waals surface area contributed by atoms with Crippen LogP contribution < -0.4 is 15.2 Å². The summed E-state index contributed by atoms with van der Waals surface area (Å²) in [6, 6.07) is 23.3. The molecule has 0 spiro atoms. The number of amidine groups is 1. The average Bonchev–Trinajstić information content (AvgIpc) is 3.32. The number of aliphatic imine (C=N–C) groups is 1. The van der Waals surface area contributed by atoms with Crippen LogP contribution in [0, 0.1) is 6.92 Å². The number of phenolic OH excluding ortho intramolecular Hbond substituents is 1. The van der Waals surface area contributed by atoms with Crippen molar-refractivity contribution in [2.45, 2.75) is 6.92 Å². The van der Waals surface area contributed by atoms with Gasteiger partial charge >= 0.3 is 0 Å². The summed E-state index contributed by atoms with van der Waals surface area (Å²) in [5.41, 5.74) is 2.70. The third kappa shape index (κ3) is 3.78. The summed E-state index contributed by atoms with van der Waals surface area (Å²) in [5, 5.41) is 9.92. The van der Waals surface area contributed by atoms with Gasteiger partial charge in [0.25, 0.3) is 11.5 Å². The Bertz CT molecular complexity index is 1580. The number of carbonyl (C=O) groups excluding carboxylic acids is 1. The minimum atomic E-state index is -0.424. The summed E-state index contributed by atoms with van der Waals surface area (Å²) in [4.78, 5) is 33.6. The molecule has 1 aliphatic rings. The number of aromatic hydroxyl groups is 1. The summed E-state index contributed by atoms with van der Waals surface area (Å²) in [7, 11) is 3.24. The lowest BCUT2D eigenvalue weighted by Gasteiger charge is -2.17. The number of phenols is 1. The lowest BCUT2D eigenvalue weighted by Crippen LogP contribution is -2.36. The highest BCUT2D eigenvalue weighted by atomic mass is 16.5. The van der Waals surface area contributed by atoms with Gasteiger partial charge in [-0.2, -0.15) is 0 Å². The van der Waals surface area contributed by atoms with Crippen molar-refractivity contribution in [3.05, 3.63) is 112 Å². The molecule has 0 aliphatic carbocycles. The van der Waals surface area contributed by atoms with E-state index >= 15 is 0 Å². The second kappa shape index (κ2) is 9.07. The van der Waals surface area contributed by atoms with Gasteiger partial charge in [-0.1, -0.05) is 54.6 Å². The first-order valence-corrected chi connectivity index (χ1v) is 11.3. The molecule has 0 unspecified atom stereocenters. The van der Waals surface area contributed by atoms with Crippen LogP contribution in [0.2, 0.25) is 0 Å². The summed E-state index contributed by atoms with van der Waals surface area (Å²) < 4.78 is 8.46. The van der Waals surface area contributed by atoms with Crippen molar-refractivity contribution in [3.8, 4) is 17.2 Å². The zero-order valence-electron chi connectivity index (χ0n) is 20.0. The molecule has 1 aromatic heterocycles. The Morgan fingerprint density at radius 1 is 0.944 bits per heavy atom. The van der Waals surface area contributed by atoms with E-state index in [0.717, 1.165) is 0 Å². The van der Waals surface area contributed by atoms with Crippen LogP contribution in [0.1, 0.15) is 16.8 Å². The summed E-state index contributed by atoms with van der Waals surface area (Å²) in [5.74, 6) is 0.216. The molecule has 180 valence electrons. The van der Waals surface area contributed by atoms with E-state index in [1.807, 2.05) is 60.7 Å². The van der Waals surface area contributed by atoms with Gasteiger partial charge in [-0.3, -0.25) is 19.2 Å². The zero-order valence-corrected chi connectivity index (χ0v) is 20.0. The summed E-state index contributed by atoms with van der Waals surface area (Å²) in [6.45, 7) is 1.80. The van der Waals surface area contributed by atoms with Gasteiger partial charge < -0.3 is 9.84 Å². The normalized spacial score (nSPS) is 14.4. The first kappa shape index (κ1) is 22.9. The number of hydrogen-bond acceptors (Lipinski definition) is 5. The number of para-hydroxylation sites is 1. The van der Waals surface area contributed by atoms with Crippen LogP contribution in [0.5, 0.6) is 11.5 Å². The van der Waals surface area contributed by atoms with E-state index in [9.17, 15) is 14.7 Å². The highest BCUT2D eigenvalue weighted by Gasteiger charge is 2.37. The Hall–Kier alpha value is -4.85. The molecule has 0 fully saturated rings. The standard InChI is InChI=1S/C28H24N4O4/c1-18-25(28(35)32(30(18)2)21-12-8-5-9-13-21)31-26(20-10-6-4-7-11-20)29-22(27(31)34)16-19-14-15-23(33)24(17-19)36-3/h4-17,33H,1-3H3/b22-16+. The predicted molar refractivity (Wildman–Crippen MR) is 139 cm³/mol. The largest absolute Gasteiger partial charge is 0.504 e. The van der Waals surface area contributed by atoms with Gasteiger partial charge in [0.15, 0.2) is 11.5 Å². The maximum Gasteiger partial charge on any atom is 0.296 e. The first-order valence-electron chi connectivity index (χ1n) is 11.3. The number of methoxy groups -OCH3 is 1. The van der Waals surface area contributed by atoms with Crippen LogP contribution in [-0.2, 0) is 11.8 Å². The molecular weight excluding hydrogens is 456 g/mol. The molecule has 8 heteroatoms. The molecule has 8 nitrogen and oxygen atoms in total. The monoisotopic (exact) mass is 480 g/mol. The Kier molecular flexibility index (Phi) is 5.77. The van der Waals surface area contributed by atoms with E-state index < -0.39 is 5.91 Å². The predicted octanol–water partition coefficient (Wildman–Crippen LogP) is 4.03. The van der Waals surface area contributed by atoms with Crippen LogP contribution in [0.15, 0.2) is 94.3 Å². The molecule has 0 saturated carbocycles. The van der Waals surface area contributed by atoms with Crippen molar-refractivity contribution in [1.82, 2.24) is 9.36 Å². The number of hydrogen-bond donors (Lipinski definition) is 1. The number of amides is 1. The van der Waals surface area contributed by atoms with Crippen LogP contribution >= 0.6 is 0 Å². The maximum absolute atomic E-state index is 13.8. The fraction of sp³-hybridized carbons (Fsp3) is 0.107. The number of aromatic nitrogens is 2. The number of rotatable bonds is 5. The Balaban J connectivity index is 1.69. The van der Waals surface area contributed by atoms with Gasteiger partial charge in [0, 0.05) is 12.6 Å². The lowest BCUT2D eigenvalue weighted by atomic mass is 10.1. The van der Waals surface area contributed by atoms with Crippen LogP contribution in [0.4, 0.5) is 5.69 Å². The molecule has 1 aliphatic heterocycles. The van der Waals surface area contributed by atoms with Crippen molar-refractivity contribution < 1.29 is 14.6 Å². The summed E-state index contributed by atoms with van der Waals surface area (Å²) in [6.07, 6.45) is 1.61. The van der Waals surface area contributed by atoms with Crippen LogP contribution in [0.25, 0.3) is 11.8 Å². The lowest BCUT2D eigenvalue weighted by molar-refractivity contribution is -0.113. The van der Waals surface area contributed by atoms with Gasteiger partial charge in [0.05, 0.1) is 18.5 Å². The molecule has 3 aromatic carbocycles. The quantitative estimate of drug-likeness (QED) is 0.437. The van der Waals surface area contributed by atoms with Crippen molar-refractivity contribution >= 4 is 23.5 Å². The molecular formula is C28H24N4O4. The Morgan fingerprint density at radius 3 is 2.28 bits per heavy atom. The van der Waals surface area contributed by atoms with Crippen molar-refractivity contribution in [2.75, 3.05) is 12.0 Å². The fourth-order valence-electron chi connectivity index (χ4n) is 4.26. The van der Waals surface area contributed by atoms with Gasteiger partial charge in [-0.15, -0.1) is 0 Å². The molecule has 1 N–H and O–H groups in total. The molecule has 0 saturated heterocycles. The second-order valence-corrected chi connectivity index (χ2v) is 8.31. The first-order chi connectivity index (χ1) is 17.4. The highest BCUT2D eigenvalue weighted by Crippen LogP contribution is 2.31. The van der Waals surface area contributed by atoms with E-state index in [1.54, 1.807) is 36.9 Å². The number of benzene rings is 3. The molecule has 5 rings (SSSR count). The number of nitrogens with zero attached hydrogens (tertiary/aromatic N) is 4. The molecule has 0 radical (unpaired) electrons. The molecule has 36 heavy (non-hydrogen) atoms. The Labute approximate surface area is 207 Å². The SMILES string of the molecule is COc1cc(/C=C2/N=C(c3ccccc3)N(c3c(C)n(C)n(-c4ccccc4)c3=O)C2=O)ccc1O. The van der Waals surface area contributed by atoms with E-state index in [2.05, 4.69) is 4.99 Å². The molecule has 2 heterocycles. The molecule has 1 amide bonds. The van der Waals surface area contributed by atoms with E-state index in [0.29, 0.717) is 28.3 Å². The smallest absolute Gasteiger partial charge is 0.296 e. The van der Waals surface area contributed by atoms with E-state index in [4.69, 9.17) is 4.74 Å². The minimum absolute atomic E-state index is 0.00567. The third-order valence-corrected chi connectivity index (χ3v) is 6.15. The average molecular weight is 481 g/mol.